The van der Waals surface area contributed by atoms with E-state index in [1.807, 2.05) is 6.92 Å². The zero-order valence-corrected chi connectivity index (χ0v) is 13.7. The van der Waals surface area contributed by atoms with E-state index in [0.29, 0.717) is 36.6 Å². The minimum absolute atomic E-state index is 0.199. The third kappa shape index (κ3) is 3.57. The SMILES string of the molecule is CCCOc1cc(OC)ccc1C(=O)N1CCC(C(=O)O)C1C. The van der Waals surface area contributed by atoms with Crippen LogP contribution in [0.15, 0.2) is 18.2 Å². The van der Waals surface area contributed by atoms with Gasteiger partial charge in [-0.1, -0.05) is 6.92 Å². The molecule has 2 atom stereocenters. The number of carboxylic acids is 1. The summed E-state index contributed by atoms with van der Waals surface area (Å²) in [7, 11) is 1.56. The van der Waals surface area contributed by atoms with Gasteiger partial charge in [0.1, 0.15) is 11.5 Å². The molecule has 1 aliphatic rings. The van der Waals surface area contributed by atoms with Crippen LogP contribution in [0.3, 0.4) is 0 Å². The van der Waals surface area contributed by atoms with Gasteiger partial charge in [-0.3, -0.25) is 9.59 Å². The first-order valence-electron chi connectivity index (χ1n) is 7.84. The molecule has 0 spiro atoms. The number of nitrogens with zero attached hydrogens (tertiary/aromatic N) is 1. The number of carbonyl (C=O) groups excluding carboxylic acids is 1. The first-order valence-corrected chi connectivity index (χ1v) is 7.84. The van der Waals surface area contributed by atoms with Gasteiger partial charge in [-0.2, -0.15) is 0 Å². The molecule has 6 nitrogen and oxygen atoms in total. The van der Waals surface area contributed by atoms with Crippen LogP contribution in [0, 0.1) is 5.92 Å². The number of benzene rings is 1. The Bertz CT molecular complexity index is 586. The molecule has 126 valence electrons. The molecule has 0 aliphatic carbocycles. The maximum atomic E-state index is 12.8. The van der Waals surface area contributed by atoms with Gasteiger partial charge in [0, 0.05) is 18.7 Å². The van der Waals surface area contributed by atoms with E-state index in [1.165, 1.54) is 0 Å². The van der Waals surface area contributed by atoms with Gasteiger partial charge in [0.2, 0.25) is 0 Å². The lowest BCUT2D eigenvalue weighted by atomic mass is 10.0. The minimum Gasteiger partial charge on any atom is -0.497 e. The molecule has 0 radical (unpaired) electrons. The maximum absolute atomic E-state index is 12.8. The van der Waals surface area contributed by atoms with Crippen LogP contribution < -0.4 is 9.47 Å². The van der Waals surface area contributed by atoms with Gasteiger partial charge in [0.25, 0.3) is 5.91 Å². The number of ether oxygens (including phenoxy) is 2. The summed E-state index contributed by atoms with van der Waals surface area (Å²) < 4.78 is 10.9. The number of carboxylic acid groups (broad SMARTS) is 1. The quantitative estimate of drug-likeness (QED) is 0.871. The van der Waals surface area contributed by atoms with Crippen LogP contribution in [0.4, 0.5) is 0 Å². The number of aliphatic carboxylic acids is 1. The molecule has 1 aliphatic heterocycles. The lowest BCUT2D eigenvalue weighted by Gasteiger charge is -2.24. The van der Waals surface area contributed by atoms with E-state index >= 15 is 0 Å². The number of hydrogen-bond donors (Lipinski definition) is 1. The average Bonchev–Trinajstić information content (AvgIpc) is 2.93. The van der Waals surface area contributed by atoms with Gasteiger partial charge in [-0.05, 0) is 31.9 Å². The first kappa shape index (κ1) is 17.1. The molecule has 23 heavy (non-hydrogen) atoms. The molecule has 1 amide bonds. The molecular formula is C17H23NO5. The molecule has 1 aromatic rings. The fraction of sp³-hybridized carbons (Fsp3) is 0.529. The van der Waals surface area contributed by atoms with Crippen molar-refractivity contribution in [2.24, 2.45) is 5.92 Å². The number of amides is 1. The summed E-state index contributed by atoms with van der Waals surface area (Å²) in [6.07, 6.45) is 1.30. The van der Waals surface area contributed by atoms with Gasteiger partial charge in [0.05, 0.1) is 25.2 Å². The van der Waals surface area contributed by atoms with Crippen molar-refractivity contribution in [2.45, 2.75) is 32.7 Å². The molecule has 0 bridgehead atoms. The smallest absolute Gasteiger partial charge is 0.308 e. The van der Waals surface area contributed by atoms with Crippen molar-refractivity contribution in [3.63, 3.8) is 0 Å². The Morgan fingerprint density at radius 1 is 1.39 bits per heavy atom. The standard InChI is InChI=1S/C17H23NO5/c1-4-9-23-15-10-12(22-3)5-6-14(15)16(19)18-8-7-13(11(18)2)17(20)21/h5-6,10-11,13H,4,7-9H2,1-3H3,(H,20,21). The summed E-state index contributed by atoms with van der Waals surface area (Å²) in [6, 6.07) is 4.74. The minimum atomic E-state index is -0.856. The van der Waals surface area contributed by atoms with Crippen LogP contribution in [0.2, 0.25) is 0 Å². The van der Waals surface area contributed by atoms with E-state index in [-0.39, 0.29) is 11.9 Å². The Balaban J connectivity index is 2.26. The summed E-state index contributed by atoms with van der Waals surface area (Å²) in [5, 5.41) is 9.21. The molecular weight excluding hydrogens is 298 g/mol. The van der Waals surface area contributed by atoms with Crippen LogP contribution in [-0.4, -0.2) is 48.2 Å². The highest BCUT2D eigenvalue weighted by Gasteiger charge is 2.39. The Kier molecular flexibility index (Phi) is 5.47. The van der Waals surface area contributed by atoms with Crippen molar-refractivity contribution >= 4 is 11.9 Å². The van der Waals surface area contributed by atoms with Crippen molar-refractivity contribution in [2.75, 3.05) is 20.3 Å². The maximum Gasteiger partial charge on any atom is 0.308 e. The van der Waals surface area contributed by atoms with Gasteiger partial charge < -0.3 is 19.5 Å². The van der Waals surface area contributed by atoms with E-state index in [4.69, 9.17) is 9.47 Å². The summed E-state index contributed by atoms with van der Waals surface area (Å²) in [4.78, 5) is 25.7. The summed E-state index contributed by atoms with van der Waals surface area (Å²) in [5.74, 6) is -0.482. The predicted octanol–water partition coefficient (Wildman–Crippen LogP) is 2.42. The van der Waals surface area contributed by atoms with Crippen molar-refractivity contribution in [3.05, 3.63) is 23.8 Å². The van der Waals surface area contributed by atoms with Gasteiger partial charge in [-0.25, -0.2) is 0 Å². The van der Waals surface area contributed by atoms with Crippen molar-refractivity contribution in [3.8, 4) is 11.5 Å². The number of likely N-dealkylation sites (tertiary alicyclic amines) is 1. The monoisotopic (exact) mass is 321 g/mol. The molecule has 0 saturated carbocycles. The van der Waals surface area contributed by atoms with E-state index in [1.54, 1.807) is 37.1 Å². The summed E-state index contributed by atoms with van der Waals surface area (Å²) in [6.45, 7) is 4.71. The lowest BCUT2D eigenvalue weighted by Crippen LogP contribution is -2.37. The Morgan fingerprint density at radius 3 is 2.70 bits per heavy atom. The van der Waals surface area contributed by atoms with E-state index in [2.05, 4.69) is 0 Å². The van der Waals surface area contributed by atoms with E-state index < -0.39 is 11.9 Å². The predicted molar refractivity (Wildman–Crippen MR) is 85.0 cm³/mol. The Hall–Kier alpha value is -2.24. The normalized spacial score (nSPS) is 20.4. The molecule has 2 rings (SSSR count). The second kappa shape index (κ2) is 7.35. The fourth-order valence-electron chi connectivity index (χ4n) is 2.85. The van der Waals surface area contributed by atoms with E-state index in [0.717, 1.165) is 6.42 Å². The van der Waals surface area contributed by atoms with Crippen molar-refractivity contribution in [1.82, 2.24) is 4.90 Å². The molecule has 1 N–H and O–H groups in total. The van der Waals surface area contributed by atoms with Crippen LogP contribution in [0.5, 0.6) is 11.5 Å². The highest BCUT2D eigenvalue weighted by Crippen LogP contribution is 2.31. The molecule has 0 aromatic heterocycles. The van der Waals surface area contributed by atoms with Crippen LogP contribution in [-0.2, 0) is 4.79 Å². The Labute approximate surface area is 136 Å². The lowest BCUT2D eigenvalue weighted by molar-refractivity contribution is -0.142. The zero-order valence-electron chi connectivity index (χ0n) is 13.7. The van der Waals surface area contributed by atoms with E-state index in [9.17, 15) is 14.7 Å². The second-order valence-corrected chi connectivity index (χ2v) is 5.68. The third-order valence-electron chi connectivity index (χ3n) is 4.21. The number of carbonyl (C=O) groups is 2. The number of hydrogen-bond acceptors (Lipinski definition) is 4. The fourth-order valence-corrected chi connectivity index (χ4v) is 2.85. The second-order valence-electron chi connectivity index (χ2n) is 5.68. The summed E-state index contributed by atoms with van der Waals surface area (Å²) in [5.41, 5.74) is 0.442. The van der Waals surface area contributed by atoms with Crippen LogP contribution >= 0.6 is 0 Å². The number of rotatable bonds is 6. The topological polar surface area (TPSA) is 76.1 Å². The Morgan fingerprint density at radius 2 is 2.13 bits per heavy atom. The summed E-state index contributed by atoms with van der Waals surface area (Å²) >= 11 is 0. The zero-order chi connectivity index (χ0) is 17.0. The number of methoxy groups -OCH3 is 1. The average molecular weight is 321 g/mol. The molecule has 6 heteroatoms. The first-order chi connectivity index (χ1) is 11.0. The van der Waals surface area contributed by atoms with Crippen molar-refractivity contribution < 1.29 is 24.2 Å². The molecule has 1 heterocycles. The third-order valence-corrected chi connectivity index (χ3v) is 4.21. The van der Waals surface area contributed by atoms with Gasteiger partial charge >= 0.3 is 5.97 Å². The molecule has 2 unspecified atom stereocenters. The van der Waals surface area contributed by atoms with Crippen LogP contribution in [0.25, 0.3) is 0 Å². The van der Waals surface area contributed by atoms with Crippen molar-refractivity contribution in [1.29, 1.82) is 0 Å². The highest BCUT2D eigenvalue weighted by molar-refractivity contribution is 5.98. The van der Waals surface area contributed by atoms with Gasteiger partial charge in [0.15, 0.2) is 0 Å². The largest absolute Gasteiger partial charge is 0.497 e. The molecule has 1 aromatic carbocycles. The molecule has 1 fully saturated rings. The van der Waals surface area contributed by atoms with Crippen LogP contribution in [0.1, 0.15) is 37.0 Å². The molecule has 1 saturated heterocycles. The highest BCUT2D eigenvalue weighted by atomic mass is 16.5. The van der Waals surface area contributed by atoms with Gasteiger partial charge in [-0.15, -0.1) is 0 Å².